The molecule has 4 atom stereocenters. The molecule has 0 spiro atoms. The number of Topliss-reactive ketones (excluding diaryl/α,β-unsaturated/α-hetero) is 2. The van der Waals surface area contributed by atoms with Gasteiger partial charge in [-0.15, -0.1) is 0 Å². The van der Waals surface area contributed by atoms with Crippen molar-refractivity contribution in [1.82, 2.24) is 39.9 Å². The summed E-state index contributed by atoms with van der Waals surface area (Å²) in [6.45, 7) is 27.2. The Bertz CT molecular complexity index is 4210. The van der Waals surface area contributed by atoms with Crippen molar-refractivity contribution >= 4 is 100 Å². The van der Waals surface area contributed by atoms with Crippen molar-refractivity contribution in [3.8, 4) is 0 Å². The van der Waals surface area contributed by atoms with Gasteiger partial charge < -0.3 is 19.9 Å². The first kappa shape index (κ1) is 60.3. The lowest BCUT2D eigenvalue weighted by atomic mass is 9.53. The molecule has 7 aliphatic carbocycles. The molecule has 0 aromatic carbocycles. The Labute approximate surface area is 542 Å². The molecule has 472 valence electrons. The van der Waals surface area contributed by atoms with Gasteiger partial charge in [-0.2, -0.15) is 0 Å². The molecule has 92 heavy (non-hydrogen) atoms. The molecular formula is C82H92N8O2. The number of nitrogens with one attached hydrogen (secondary N) is 4. The average Bonchev–Trinajstić information content (AvgIpc) is 1.31. The van der Waals surface area contributed by atoms with E-state index in [1.165, 1.54) is 66.8 Å². The van der Waals surface area contributed by atoms with Crippen molar-refractivity contribution in [2.24, 2.45) is 0 Å². The van der Waals surface area contributed by atoms with Crippen LogP contribution in [-0.4, -0.2) is 51.4 Å². The summed E-state index contributed by atoms with van der Waals surface area (Å²) in [5, 5.41) is 0. The van der Waals surface area contributed by atoms with Gasteiger partial charge in [-0.1, -0.05) is 81.1 Å². The van der Waals surface area contributed by atoms with Crippen LogP contribution in [0.15, 0.2) is 70.8 Å². The summed E-state index contributed by atoms with van der Waals surface area (Å²) in [6.07, 6.45) is 19.2. The van der Waals surface area contributed by atoms with Crippen LogP contribution in [0.1, 0.15) is 300 Å². The molecular weight excluding hydrogens is 1130 g/mol. The molecule has 4 unspecified atom stereocenters. The van der Waals surface area contributed by atoms with Crippen molar-refractivity contribution in [3.63, 3.8) is 0 Å². The highest BCUT2D eigenvalue weighted by molar-refractivity contribution is 6.29. The Kier molecular flexibility index (Phi) is 15.4. The molecule has 10 heteroatoms. The standard InChI is InChI=1S/C82H92N8O2/c1-13-21-25-49-41(9)57-33-69-73-53-29-30-54(74(73)70(89-69)34-58-42(10)50(26-22-14-2)66(84-58)38-62-46(18-6)45(17-5)61(87-62)37-65(49)83-57)78-77(53)81(91)79-55-31-32-56(80(79)82(78)92)76-72-36-60-44(12)52(28-24-16-4)68(86-60)40-64-48(20-8)47(19-7)63(88-64)39-67-51(27-23-15-3)43(11)59(85-67)35-71(90-72)75(55)76/h33-40,53-56,87-90H,13-32H2,1-12H3. The van der Waals surface area contributed by atoms with E-state index in [1.54, 1.807) is 0 Å². The fraction of sp³-hybridized carbons (Fsp3) is 0.439. The number of allylic oxidation sites excluding steroid dienone is 12. The Morgan fingerprint density at radius 2 is 0.522 bits per heavy atom. The zero-order valence-corrected chi connectivity index (χ0v) is 56.7. The highest BCUT2D eigenvalue weighted by Gasteiger charge is 2.56. The van der Waals surface area contributed by atoms with Crippen LogP contribution in [0.3, 0.4) is 0 Å². The van der Waals surface area contributed by atoms with E-state index in [1.807, 2.05) is 0 Å². The first-order valence-corrected chi connectivity index (χ1v) is 35.7. The fourth-order valence-electron chi connectivity index (χ4n) is 18.3. The molecule has 17 rings (SSSR count). The van der Waals surface area contributed by atoms with Crippen molar-refractivity contribution in [3.05, 3.63) is 161 Å². The minimum absolute atomic E-state index is 0.0837. The van der Waals surface area contributed by atoms with E-state index in [2.05, 4.69) is 152 Å². The Balaban J connectivity index is 0.948. The van der Waals surface area contributed by atoms with Crippen molar-refractivity contribution in [2.45, 2.75) is 235 Å². The lowest BCUT2D eigenvalue weighted by molar-refractivity contribution is -0.118. The monoisotopic (exact) mass is 1220 g/mol. The molecule has 10 heterocycles. The summed E-state index contributed by atoms with van der Waals surface area (Å²) >= 11 is 0. The van der Waals surface area contributed by atoms with Crippen molar-refractivity contribution < 1.29 is 9.59 Å². The molecule has 11 aliphatic rings. The van der Waals surface area contributed by atoms with Crippen LogP contribution in [-0.2, 0) is 35.3 Å². The number of hydrogen-bond acceptors (Lipinski definition) is 6. The molecule has 0 radical (unpaired) electrons. The molecule has 20 bridgehead atoms. The second-order valence-corrected chi connectivity index (χ2v) is 28.0. The van der Waals surface area contributed by atoms with Gasteiger partial charge in [0.15, 0.2) is 11.6 Å². The highest BCUT2D eigenvalue weighted by Crippen LogP contribution is 2.64. The minimum atomic E-state index is -0.259. The molecule has 4 aliphatic heterocycles. The minimum Gasteiger partial charge on any atom is -0.355 e. The third kappa shape index (κ3) is 9.19. The number of H-pyrrole nitrogens is 4. The van der Waals surface area contributed by atoms with E-state index in [0.29, 0.717) is 0 Å². The van der Waals surface area contributed by atoms with Gasteiger partial charge in [-0.25, -0.2) is 19.9 Å². The van der Waals surface area contributed by atoms with E-state index in [4.69, 9.17) is 19.9 Å². The molecule has 0 saturated carbocycles. The van der Waals surface area contributed by atoms with Gasteiger partial charge in [-0.3, -0.25) is 9.59 Å². The zero-order chi connectivity index (χ0) is 63.7. The number of unbranched alkanes of at least 4 members (excludes halogenated alkanes) is 4. The van der Waals surface area contributed by atoms with Gasteiger partial charge >= 0.3 is 0 Å². The summed E-state index contributed by atoms with van der Waals surface area (Å²) in [6, 6.07) is 18.4. The van der Waals surface area contributed by atoms with Gasteiger partial charge in [0.25, 0.3) is 0 Å². The third-order valence-corrected chi connectivity index (χ3v) is 23.0. The van der Waals surface area contributed by atoms with E-state index >= 15 is 9.59 Å². The normalized spacial score (nSPS) is 19.8. The van der Waals surface area contributed by atoms with E-state index in [0.717, 1.165) is 263 Å². The number of aromatic nitrogens is 8. The maximum atomic E-state index is 16.5. The summed E-state index contributed by atoms with van der Waals surface area (Å²) < 4.78 is 0. The van der Waals surface area contributed by atoms with Crippen molar-refractivity contribution in [2.75, 3.05) is 0 Å². The van der Waals surface area contributed by atoms with Crippen molar-refractivity contribution in [1.29, 1.82) is 0 Å². The number of carbonyl (C=O) groups excluding carboxylic acids is 2. The molecule has 6 aromatic heterocycles. The quantitative estimate of drug-likeness (QED) is 0.0709. The molecule has 0 amide bonds. The van der Waals surface area contributed by atoms with Crippen LogP contribution in [0.25, 0.3) is 88.7 Å². The molecule has 0 saturated heterocycles. The van der Waals surface area contributed by atoms with E-state index in [9.17, 15) is 0 Å². The lowest BCUT2D eigenvalue weighted by Crippen LogP contribution is -2.42. The predicted molar refractivity (Wildman–Crippen MR) is 381 cm³/mol. The number of rotatable bonds is 16. The van der Waals surface area contributed by atoms with Crippen LogP contribution in [0.2, 0.25) is 0 Å². The largest absolute Gasteiger partial charge is 0.355 e. The SMILES string of the molecule is CCCCC1=C(C)c2cc3[nH]c(cc4nc(cc5[nH]c(cc1n2)c(CC)c5CC)C(CCCC)=C4C)c1c3C2CCC1C1=C2C(=O)C2=C(C1=O)C1CCC2c2c1c1cc3nc(cc4[nH]c(cc5nc(cc2[nH]1)C(C)=C5CCCC)c(CC)c4CC)C(CCCC)=C3C. The van der Waals surface area contributed by atoms with Gasteiger partial charge in [0, 0.05) is 90.1 Å². The summed E-state index contributed by atoms with van der Waals surface area (Å²) in [5.41, 5.74) is 39.3. The summed E-state index contributed by atoms with van der Waals surface area (Å²) in [4.78, 5) is 71.4. The second kappa shape index (κ2) is 23.5. The van der Waals surface area contributed by atoms with Crippen LogP contribution in [0.5, 0.6) is 0 Å². The maximum Gasteiger partial charge on any atom is 0.187 e. The smallest absolute Gasteiger partial charge is 0.187 e. The van der Waals surface area contributed by atoms with E-state index in [-0.39, 0.29) is 35.2 Å². The number of ketones is 2. The van der Waals surface area contributed by atoms with Crippen LogP contribution in [0, 0.1) is 0 Å². The van der Waals surface area contributed by atoms with Gasteiger partial charge in [0.05, 0.1) is 45.6 Å². The first-order chi connectivity index (χ1) is 44.8. The summed E-state index contributed by atoms with van der Waals surface area (Å²) in [5.74, 6) is -0.869. The topological polar surface area (TPSA) is 149 Å². The number of hydrogen-bond donors (Lipinski definition) is 4. The molecule has 10 nitrogen and oxygen atoms in total. The lowest BCUT2D eigenvalue weighted by Gasteiger charge is -2.47. The fourth-order valence-corrected chi connectivity index (χ4v) is 18.3. The molecule has 4 N–H and O–H groups in total. The molecule has 0 fully saturated rings. The highest BCUT2D eigenvalue weighted by atomic mass is 16.1. The van der Waals surface area contributed by atoms with E-state index < -0.39 is 0 Å². The van der Waals surface area contributed by atoms with Gasteiger partial charge in [0.1, 0.15) is 0 Å². The maximum absolute atomic E-state index is 16.5. The average molecular weight is 1220 g/mol. The Morgan fingerprint density at radius 3 is 0.728 bits per heavy atom. The number of aryl methyl sites for hydroxylation is 4. The van der Waals surface area contributed by atoms with Gasteiger partial charge in [-0.05, 0) is 268 Å². The van der Waals surface area contributed by atoms with Crippen LogP contribution < -0.4 is 0 Å². The predicted octanol–water partition coefficient (Wildman–Crippen LogP) is 21.1. The second-order valence-electron chi connectivity index (χ2n) is 28.0. The number of fused-ring (bicyclic) bond motifs is 18. The Morgan fingerprint density at radius 1 is 0.315 bits per heavy atom. The van der Waals surface area contributed by atoms with Crippen LogP contribution in [0.4, 0.5) is 0 Å². The molecule has 6 aromatic rings. The Hall–Kier alpha value is -7.98. The number of nitrogens with zero attached hydrogens (tertiary/aromatic N) is 4. The number of carbonyl (C=O) groups is 2. The summed E-state index contributed by atoms with van der Waals surface area (Å²) in [7, 11) is 0. The van der Waals surface area contributed by atoms with Gasteiger partial charge in [0.2, 0.25) is 0 Å². The first-order valence-electron chi connectivity index (χ1n) is 35.7. The van der Waals surface area contributed by atoms with Crippen LogP contribution >= 0.6 is 0 Å². The zero-order valence-electron chi connectivity index (χ0n) is 56.7. The number of aromatic amines is 4. The third-order valence-electron chi connectivity index (χ3n) is 23.0.